The number of amides is 1. The van der Waals surface area contributed by atoms with Gasteiger partial charge in [-0.2, -0.15) is 0 Å². The molecule has 1 heterocycles. The number of aromatic nitrogens is 1. The van der Waals surface area contributed by atoms with E-state index in [1.165, 1.54) is 0 Å². The van der Waals surface area contributed by atoms with Crippen LogP contribution in [0.5, 0.6) is 0 Å². The Bertz CT molecular complexity index is 444. The molecular weight excluding hydrogens is 232 g/mol. The van der Waals surface area contributed by atoms with Gasteiger partial charge in [0.1, 0.15) is 0 Å². The summed E-state index contributed by atoms with van der Waals surface area (Å²) in [6.45, 7) is 5.57. The molecule has 2 N–H and O–H groups in total. The van der Waals surface area contributed by atoms with E-state index in [2.05, 4.69) is 10.3 Å². The number of pyridine rings is 1. The Hall–Kier alpha value is -1.91. The van der Waals surface area contributed by atoms with Crippen LogP contribution < -0.4 is 5.32 Å². The van der Waals surface area contributed by atoms with Crippen LogP contribution in [0.25, 0.3) is 0 Å². The number of carboxylic acid groups (broad SMARTS) is 1. The number of nitrogens with one attached hydrogen (secondary N) is 1. The molecule has 0 saturated carbocycles. The second-order valence-electron chi connectivity index (χ2n) is 4.58. The molecule has 0 bridgehead atoms. The predicted octanol–water partition coefficient (Wildman–Crippen LogP) is 1.48. The van der Waals surface area contributed by atoms with Crippen LogP contribution in [0.4, 0.5) is 0 Å². The zero-order chi connectivity index (χ0) is 13.7. The molecule has 18 heavy (non-hydrogen) atoms. The molecule has 0 aliphatic rings. The molecule has 0 spiro atoms. The fraction of sp³-hybridized carbons (Fsp3) is 0.462. The van der Waals surface area contributed by atoms with Crippen LogP contribution in [-0.2, 0) is 4.79 Å². The molecule has 0 radical (unpaired) electrons. The van der Waals surface area contributed by atoms with E-state index in [1.54, 1.807) is 25.3 Å². The second-order valence-corrected chi connectivity index (χ2v) is 4.58. The Morgan fingerprint density at radius 2 is 2.11 bits per heavy atom. The molecule has 1 unspecified atom stereocenters. The number of aliphatic carboxylic acids is 1. The molecule has 0 aliphatic heterocycles. The van der Waals surface area contributed by atoms with Crippen molar-refractivity contribution in [2.24, 2.45) is 11.8 Å². The van der Waals surface area contributed by atoms with Gasteiger partial charge in [-0.3, -0.25) is 14.6 Å². The van der Waals surface area contributed by atoms with Crippen molar-refractivity contribution >= 4 is 11.9 Å². The van der Waals surface area contributed by atoms with Gasteiger partial charge in [-0.05, 0) is 25.0 Å². The summed E-state index contributed by atoms with van der Waals surface area (Å²) < 4.78 is 0. The molecule has 0 aromatic carbocycles. The van der Waals surface area contributed by atoms with Gasteiger partial charge < -0.3 is 10.4 Å². The van der Waals surface area contributed by atoms with E-state index in [0.717, 1.165) is 5.69 Å². The minimum atomic E-state index is -0.892. The third-order valence-electron chi connectivity index (χ3n) is 2.76. The van der Waals surface area contributed by atoms with Gasteiger partial charge in [-0.25, -0.2) is 0 Å². The van der Waals surface area contributed by atoms with Gasteiger partial charge in [0.15, 0.2) is 0 Å². The van der Waals surface area contributed by atoms with E-state index >= 15 is 0 Å². The number of hydrogen-bond donors (Lipinski definition) is 2. The Labute approximate surface area is 106 Å². The summed E-state index contributed by atoms with van der Waals surface area (Å²) in [6, 6.07) is 3.27. The average molecular weight is 250 g/mol. The Morgan fingerprint density at radius 1 is 1.44 bits per heavy atom. The first-order valence-electron chi connectivity index (χ1n) is 5.85. The van der Waals surface area contributed by atoms with Crippen molar-refractivity contribution in [2.75, 3.05) is 6.54 Å². The van der Waals surface area contributed by atoms with Crippen LogP contribution in [-0.4, -0.2) is 28.5 Å². The minimum absolute atomic E-state index is 0.0259. The van der Waals surface area contributed by atoms with E-state index in [4.69, 9.17) is 5.11 Å². The highest BCUT2D eigenvalue weighted by Crippen LogP contribution is 2.10. The smallest absolute Gasteiger partial charge is 0.308 e. The maximum atomic E-state index is 11.8. The highest BCUT2D eigenvalue weighted by Gasteiger charge is 2.22. The van der Waals surface area contributed by atoms with Crippen molar-refractivity contribution in [3.63, 3.8) is 0 Å². The fourth-order valence-corrected chi connectivity index (χ4v) is 1.60. The molecule has 1 aromatic rings. The van der Waals surface area contributed by atoms with E-state index < -0.39 is 11.9 Å². The Balaban J connectivity index is 2.63. The molecule has 1 aromatic heterocycles. The summed E-state index contributed by atoms with van der Waals surface area (Å²) in [4.78, 5) is 26.8. The third-order valence-corrected chi connectivity index (χ3v) is 2.76. The molecule has 98 valence electrons. The van der Waals surface area contributed by atoms with Gasteiger partial charge in [0.25, 0.3) is 5.91 Å². The summed E-state index contributed by atoms with van der Waals surface area (Å²) in [5, 5.41) is 11.7. The zero-order valence-electron chi connectivity index (χ0n) is 10.8. The number of carbonyl (C=O) groups is 2. The van der Waals surface area contributed by atoms with Gasteiger partial charge in [0.05, 0.1) is 5.92 Å². The first kappa shape index (κ1) is 14.2. The van der Waals surface area contributed by atoms with Gasteiger partial charge in [-0.15, -0.1) is 0 Å². The van der Waals surface area contributed by atoms with Gasteiger partial charge in [-0.1, -0.05) is 13.8 Å². The number of aryl methyl sites for hydroxylation is 1. The van der Waals surface area contributed by atoms with Crippen LogP contribution in [0.15, 0.2) is 18.3 Å². The number of hydrogen-bond acceptors (Lipinski definition) is 3. The fourth-order valence-electron chi connectivity index (χ4n) is 1.60. The SMILES string of the molecule is Cc1cc(C(=O)NCC(C(=O)O)C(C)C)ccn1. The summed E-state index contributed by atoms with van der Waals surface area (Å²) >= 11 is 0. The molecular formula is C13H18N2O3. The predicted molar refractivity (Wildman–Crippen MR) is 67.3 cm³/mol. The molecule has 1 amide bonds. The topological polar surface area (TPSA) is 79.3 Å². The first-order valence-corrected chi connectivity index (χ1v) is 5.85. The highest BCUT2D eigenvalue weighted by atomic mass is 16.4. The zero-order valence-corrected chi connectivity index (χ0v) is 10.8. The van der Waals surface area contributed by atoms with Gasteiger partial charge >= 0.3 is 5.97 Å². The molecule has 0 fully saturated rings. The maximum Gasteiger partial charge on any atom is 0.308 e. The summed E-state index contributed by atoms with van der Waals surface area (Å²) in [5.74, 6) is -1.76. The van der Waals surface area contributed by atoms with E-state index in [1.807, 2.05) is 13.8 Å². The van der Waals surface area contributed by atoms with Crippen molar-refractivity contribution in [3.8, 4) is 0 Å². The van der Waals surface area contributed by atoms with Crippen LogP contribution >= 0.6 is 0 Å². The second kappa shape index (κ2) is 6.14. The van der Waals surface area contributed by atoms with Crippen LogP contribution in [0.3, 0.4) is 0 Å². The monoisotopic (exact) mass is 250 g/mol. The first-order chi connectivity index (χ1) is 8.41. The lowest BCUT2D eigenvalue weighted by atomic mass is 9.96. The number of carbonyl (C=O) groups excluding carboxylic acids is 1. The van der Waals surface area contributed by atoms with Crippen LogP contribution in [0, 0.1) is 18.8 Å². The van der Waals surface area contributed by atoms with Gasteiger partial charge in [0.2, 0.25) is 0 Å². The van der Waals surface area contributed by atoms with Crippen LogP contribution in [0.1, 0.15) is 29.9 Å². The molecule has 1 atom stereocenters. The lowest BCUT2D eigenvalue weighted by Crippen LogP contribution is -2.35. The lowest BCUT2D eigenvalue weighted by molar-refractivity contribution is -0.142. The van der Waals surface area contributed by atoms with Crippen molar-refractivity contribution in [1.29, 1.82) is 0 Å². The molecule has 0 aliphatic carbocycles. The van der Waals surface area contributed by atoms with Crippen LogP contribution in [0.2, 0.25) is 0 Å². The summed E-state index contributed by atoms with van der Waals surface area (Å²) in [6.07, 6.45) is 1.56. The molecule has 0 saturated heterocycles. The summed E-state index contributed by atoms with van der Waals surface area (Å²) in [7, 11) is 0. The number of carboxylic acids is 1. The summed E-state index contributed by atoms with van der Waals surface area (Å²) in [5.41, 5.74) is 1.25. The van der Waals surface area contributed by atoms with Crippen molar-refractivity contribution in [3.05, 3.63) is 29.6 Å². The Morgan fingerprint density at radius 3 is 2.61 bits per heavy atom. The van der Waals surface area contributed by atoms with E-state index in [0.29, 0.717) is 5.56 Å². The van der Waals surface area contributed by atoms with Crippen molar-refractivity contribution in [2.45, 2.75) is 20.8 Å². The number of rotatable bonds is 5. The van der Waals surface area contributed by atoms with E-state index in [-0.39, 0.29) is 18.4 Å². The standard InChI is InChI=1S/C13H18N2O3/c1-8(2)11(13(17)18)7-15-12(16)10-4-5-14-9(3)6-10/h4-6,8,11H,7H2,1-3H3,(H,15,16)(H,17,18). The average Bonchev–Trinajstić information content (AvgIpc) is 2.28. The lowest BCUT2D eigenvalue weighted by Gasteiger charge is -2.16. The van der Waals surface area contributed by atoms with Crippen molar-refractivity contribution in [1.82, 2.24) is 10.3 Å². The number of nitrogens with zero attached hydrogens (tertiary/aromatic N) is 1. The minimum Gasteiger partial charge on any atom is -0.481 e. The quantitative estimate of drug-likeness (QED) is 0.829. The highest BCUT2D eigenvalue weighted by molar-refractivity contribution is 5.94. The maximum absolute atomic E-state index is 11.8. The normalized spacial score (nSPS) is 12.2. The van der Waals surface area contributed by atoms with Gasteiger partial charge in [0, 0.05) is 24.0 Å². The Kier molecular flexibility index (Phi) is 4.83. The van der Waals surface area contributed by atoms with E-state index in [9.17, 15) is 9.59 Å². The molecule has 1 rings (SSSR count). The molecule has 5 nitrogen and oxygen atoms in total. The van der Waals surface area contributed by atoms with Crippen molar-refractivity contribution < 1.29 is 14.7 Å². The third kappa shape index (κ3) is 3.84. The molecule has 5 heteroatoms. The largest absolute Gasteiger partial charge is 0.481 e.